The number of sulfonamides is 1. The van der Waals surface area contributed by atoms with E-state index in [1.54, 1.807) is 20.2 Å². The van der Waals surface area contributed by atoms with E-state index in [0.29, 0.717) is 25.3 Å². The van der Waals surface area contributed by atoms with E-state index < -0.39 is 15.8 Å². The van der Waals surface area contributed by atoms with Gasteiger partial charge in [0.15, 0.2) is 0 Å². The molecular weight excluding hydrogens is 299 g/mol. The van der Waals surface area contributed by atoms with Crippen LogP contribution in [0.15, 0.2) is 23.1 Å². The molecule has 1 aromatic carbocycles. The third-order valence-electron chi connectivity index (χ3n) is 2.64. The predicted molar refractivity (Wildman–Crippen MR) is 77.0 cm³/mol. The minimum atomic E-state index is -3.87. The summed E-state index contributed by atoms with van der Waals surface area (Å²) in [7, 11) is -0.594. The van der Waals surface area contributed by atoms with Crippen molar-refractivity contribution in [3.05, 3.63) is 29.6 Å². The number of methoxy groups -OCH3 is 1. The van der Waals surface area contributed by atoms with Crippen LogP contribution in [0.3, 0.4) is 0 Å². The molecule has 0 aliphatic carbocycles. The molecule has 0 spiro atoms. The summed E-state index contributed by atoms with van der Waals surface area (Å²) in [5.41, 5.74) is 0.678. The van der Waals surface area contributed by atoms with Gasteiger partial charge in [0.2, 0.25) is 10.0 Å². The molecule has 1 rings (SSSR count). The average Bonchev–Trinajstić information content (AvgIpc) is 2.43. The van der Waals surface area contributed by atoms with Gasteiger partial charge in [-0.3, -0.25) is 0 Å². The fourth-order valence-corrected chi connectivity index (χ4v) is 2.72. The third-order valence-corrected chi connectivity index (χ3v) is 4.13. The quantitative estimate of drug-likeness (QED) is 0.614. The number of hydrogen-bond donors (Lipinski definition) is 2. The van der Waals surface area contributed by atoms with Crippen LogP contribution in [0.1, 0.15) is 5.56 Å². The molecule has 0 bridgehead atoms. The fraction of sp³-hybridized carbons (Fsp3) is 0.538. The van der Waals surface area contributed by atoms with Gasteiger partial charge in [-0.25, -0.2) is 17.5 Å². The molecule has 120 valence electrons. The molecule has 0 amide bonds. The molecule has 0 radical (unpaired) electrons. The Morgan fingerprint density at radius 3 is 2.62 bits per heavy atom. The van der Waals surface area contributed by atoms with Crippen molar-refractivity contribution in [1.82, 2.24) is 10.0 Å². The molecule has 0 aromatic heterocycles. The Morgan fingerprint density at radius 2 is 2.00 bits per heavy atom. The first-order valence-electron chi connectivity index (χ1n) is 6.50. The minimum absolute atomic E-state index is 0.0732. The summed E-state index contributed by atoms with van der Waals surface area (Å²) in [6, 6.07) is 4.04. The van der Waals surface area contributed by atoms with E-state index in [4.69, 9.17) is 9.47 Å². The highest BCUT2D eigenvalue weighted by atomic mass is 32.2. The molecule has 2 N–H and O–H groups in total. The molecule has 0 heterocycles. The zero-order valence-electron chi connectivity index (χ0n) is 12.2. The van der Waals surface area contributed by atoms with Crippen LogP contribution < -0.4 is 10.0 Å². The van der Waals surface area contributed by atoms with Crippen LogP contribution in [-0.2, 0) is 26.0 Å². The maximum absolute atomic E-state index is 13.9. The Labute approximate surface area is 124 Å². The van der Waals surface area contributed by atoms with Crippen LogP contribution in [-0.4, -0.2) is 48.9 Å². The van der Waals surface area contributed by atoms with Crippen LogP contribution in [0.5, 0.6) is 0 Å². The molecule has 0 atom stereocenters. The van der Waals surface area contributed by atoms with E-state index >= 15 is 0 Å². The standard InChI is InChI=1S/C13H21FN2O4S/c1-15-10-11-3-4-13(12(14)9-11)21(17,18)16-5-6-20-8-7-19-2/h3-4,9,15-16H,5-8,10H2,1-2H3. The van der Waals surface area contributed by atoms with E-state index in [1.165, 1.54) is 12.1 Å². The average molecular weight is 320 g/mol. The molecule has 0 unspecified atom stereocenters. The second-order valence-corrected chi connectivity index (χ2v) is 6.03. The van der Waals surface area contributed by atoms with Crippen molar-refractivity contribution in [2.45, 2.75) is 11.4 Å². The van der Waals surface area contributed by atoms with E-state index in [1.807, 2.05) is 0 Å². The summed E-state index contributed by atoms with van der Waals surface area (Å²) in [5.74, 6) is -0.768. The number of benzene rings is 1. The van der Waals surface area contributed by atoms with Gasteiger partial charge in [-0.15, -0.1) is 0 Å². The monoisotopic (exact) mass is 320 g/mol. The smallest absolute Gasteiger partial charge is 0.243 e. The largest absolute Gasteiger partial charge is 0.382 e. The van der Waals surface area contributed by atoms with Gasteiger partial charge >= 0.3 is 0 Å². The molecule has 6 nitrogen and oxygen atoms in total. The second kappa shape index (κ2) is 9.06. The minimum Gasteiger partial charge on any atom is -0.382 e. The summed E-state index contributed by atoms with van der Waals surface area (Å²) in [4.78, 5) is -0.362. The van der Waals surface area contributed by atoms with Gasteiger partial charge in [-0.05, 0) is 24.7 Å². The van der Waals surface area contributed by atoms with Gasteiger partial charge in [0.1, 0.15) is 10.7 Å². The van der Waals surface area contributed by atoms with Gasteiger partial charge in [0, 0.05) is 20.2 Å². The van der Waals surface area contributed by atoms with E-state index in [0.717, 1.165) is 0 Å². The van der Waals surface area contributed by atoms with Crippen molar-refractivity contribution in [1.29, 1.82) is 0 Å². The first-order chi connectivity index (χ1) is 10.0. The highest BCUT2D eigenvalue weighted by Gasteiger charge is 2.18. The number of nitrogens with one attached hydrogen (secondary N) is 2. The van der Waals surface area contributed by atoms with Crippen molar-refractivity contribution >= 4 is 10.0 Å². The highest BCUT2D eigenvalue weighted by Crippen LogP contribution is 2.15. The van der Waals surface area contributed by atoms with Gasteiger partial charge in [0.25, 0.3) is 0 Å². The Bertz CT molecular complexity index is 537. The Balaban J connectivity index is 2.57. The van der Waals surface area contributed by atoms with Crippen LogP contribution in [0.4, 0.5) is 4.39 Å². The lowest BCUT2D eigenvalue weighted by molar-refractivity contribution is 0.0736. The summed E-state index contributed by atoms with van der Waals surface area (Å²) < 4.78 is 50.0. The highest BCUT2D eigenvalue weighted by molar-refractivity contribution is 7.89. The summed E-state index contributed by atoms with van der Waals surface area (Å²) >= 11 is 0. The Hall–Kier alpha value is -1.06. The van der Waals surface area contributed by atoms with Crippen molar-refractivity contribution in [2.24, 2.45) is 0 Å². The van der Waals surface area contributed by atoms with Crippen LogP contribution >= 0.6 is 0 Å². The molecule has 0 saturated heterocycles. The number of halogens is 1. The molecule has 0 aliphatic rings. The lowest BCUT2D eigenvalue weighted by Crippen LogP contribution is -2.28. The Morgan fingerprint density at radius 1 is 1.24 bits per heavy atom. The van der Waals surface area contributed by atoms with Crippen LogP contribution in [0.2, 0.25) is 0 Å². The van der Waals surface area contributed by atoms with Gasteiger partial charge < -0.3 is 14.8 Å². The van der Waals surface area contributed by atoms with Crippen molar-refractivity contribution < 1.29 is 22.3 Å². The molecule has 0 aliphatic heterocycles. The molecule has 0 saturated carbocycles. The van der Waals surface area contributed by atoms with Crippen molar-refractivity contribution in [2.75, 3.05) is 40.5 Å². The van der Waals surface area contributed by atoms with E-state index in [-0.39, 0.29) is 18.0 Å². The summed E-state index contributed by atoms with van der Waals surface area (Å²) in [6.07, 6.45) is 0. The zero-order chi connectivity index (χ0) is 15.7. The zero-order valence-corrected chi connectivity index (χ0v) is 13.0. The number of hydrogen-bond acceptors (Lipinski definition) is 5. The first kappa shape index (κ1) is 18.0. The predicted octanol–water partition coefficient (Wildman–Crippen LogP) is 0.486. The van der Waals surface area contributed by atoms with Crippen LogP contribution in [0, 0.1) is 5.82 Å². The lowest BCUT2D eigenvalue weighted by Gasteiger charge is -2.09. The molecule has 8 heteroatoms. The third kappa shape index (κ3) is 6.06. The maximum Gasteiger partial charge on any atom is 0.243 e. The van der Waals surface area contributed by atoms with Gasteiger partial charge in [0.05, 0.1) is 19.8 Å². The maximum atomic E-state index is 13.9. The molecule has 0 fully saturated rings. The van der Waals surface area contributed by atoms with Gasteiger partial charge in [-0.2, -0.15) is 0 Å². The van der Waals surface area contributed by atoms with Crippen LogP contribution in [0.25, 0.3) is 0 Å². The van der Waals surface area contributed by atoms with E-state index in [2.05, 4.69) is 10.0 Å². The van der Waals surface area contributed by atoms with Crippen molar-refractivity contribution in [3.8, 4) is 0 Å². The summed E-state index contributed by atoms with van der Waals surface area (Å²) in [5, 5.41) is 2.87. The normalized spacial score (nSPS) is 11.8. The SMILES string of the molecule is CNCc1ccc(S(=O)(=O)NCCOCCOC)c(F)c1. The number of rotatable bonds is 10. The molecule has 21 heavy (non-hydrogen) atoms. The molecular formula is C13H21FN2O4S. The fourth-order valence-electron chi connectivity index (χ4n) is 1.65. The number of ether oxygens (including phenoxy) is 2. The topological polar surface area (TPSA) is 76.7 Å². The summed E-state index contributed by atoms with van der Waals surface area (Å²) in [6.45, 7) is 1.56. The molecule has 1 aromatic rings. The van der Waals surface area contributed by atoms with Gasteiger partial charge in [-0.1, -0.05) is 6.07 Å². The first-order valence-corrected chi connectivity index (χ1v) is 7.99. The lowest BCUT2D eigenvalue weighted by atomic mass is 10.2. The van der Waals surface area contributed by atoms with E-state index in [9.17, 15) is 12.8 Å². The Kier molecular flexibility index (Phi) is 7.76. The second-order valence-electron chi connectivity index (χ2n) is 4.30. The van der Waals surface area contributed by atoms with Crippen molar-refractivity contribution in [3.63, 3.8) is 0 Å².